The van der Waals surface area contributed by atoms with Crippen LogP contribution in [0.2, 0.25) is 0 Å². The first-order valence-electron chi connectivity index (χ1n) is 13.4. The van der Waals surface area contributed by atoms with Crippen molar-refractivity contribution >= 4 is 17.6 Å². The Morgan fingerprint density at radius 1 is 1.00 bits per heavy atom. The zero-order valence-electron chi connectivity index (χ0n) is 23.0. The zero-order chi connectivity index (χ0) is 26.8. The van der Waals surface area contributed by atoms with E-state index >= 15 is 0 Å². The fourth-order valence-electron chi connectivity index (χ4n) is 4.52. The highest BCUT2D eigenvalue weighted by Crippen LogP contribution is 2.23. The van der Waals surface area contributed by atoms with Crippen LogP contribution in [0.15, 0.2) is 36.4 Å². The van der Waals surface area contributed by atoms with Crippen LogP contribution in [-0.4, -0.2) is 103 Å². The summed E-state index contributed by atoms with van der Waals surface area (Å²) in [6.07, 6.45) is 0.836. The van der Waals surface area contributed by atoms with Crippen molar-refractivity contribution in [2.24, 2.45) is 5.92 Å². The predicted octanol–water partition coefficient (Wildman–Crippen LogP) is 3.02. The summed E-state index contributed by atoms with van der Waals surface area (Å²) in [6, 6.07) is 11.7. The van der Waals surface area contributed by atoms with E-state index in [1.807, 2.05) is 55.1 Å². The first-order valence-corrected chi connectivity index (χ1v) is 13.4. The van der Waals surface area contributed by atoms with E-state index in [2.05, 4.69) is 33.8 Å². The largest absolute Gasteiger partial charge is 0.497 e. The summed E-state index contributed by atoms with van der Waals surface area (Å²) in [6.45, 7) is 14.1. The Morgan fingerprint density at radius 2 is 1.78 bits per heavy atom. The predicted molar refractivity (Wildman–Crippen MR) is 147 cm³/mol. The maximum Gasteiger partial charge on any atom is 0.242 e. The molecule has 3 rings (SSSR count). The third kappa shape index (κ3) is 7.89. The molecule has 0 bridgehead atoms. The minimum atomic E-state index is -0.136. The van der Waals surface area contributed by atoms with Gasteiger partial charge in [-0.3, -0.25) is 9.59 Å². The van der Waals surface area contributed by atoms with E-state index in [9.17, 15) is 9.59 Å². The lowest BCUT2D eigenvalue weighted by atomic mass is 10.1. The highest BCUT2D eigenvalue weighted by atomic mass is 16.5. The second kappa shape index (κ2) is 13.9. The molecule has 1 aromatic carbocycles. The van der Waals surface area contributed by atoms with Gasteiger partial charge in [-0.2, -0.15) is 0 Å². The number of methoxy groups -OCH3 is 1. The van der Waals surface area contributed by atoms with Crippen LogP contribution in [-0.2, 0) is 9.59 Å². The number of aromatic nitrogens is 2. The molecule has 1 fully saturated rings. The average Bonchev–Trinajstić information content (AvgIpc) is 3.19. The quantitative estimate of drug-likeness (QED) is 0.460. The average molecular weight is 511 g/mol. The van der Waals surface area contributed by atoms with E-state index in [0.29, 0.717) is 26.2 Å². The second-order valence-electron chi connectivity index (χ2n) is 9.67. The van der Waals surface area contributed by atoms with Crippen molar-refractivity contribution in [3.8, 4) is 17.0 Å². The van der Waals surface area contributed by atoms with E-state index in [-0.39, 0.29) is 24.3 Å². The maximum atomic E-state index is 13.2. The molecule has 2 heterocycles. The van der Waals surface area contributed by atoms with Crippen LogP contribution >= 0.6 is 0 Å². The molecule has 2 aromatic rings. The number of ether oxygens (including phenoxy) is 1. The number of likely N-dealkylation sites (N-methyl/N-ethyl adjacent to an activating group) is 1. The second-order valence-corrected chi connectivity index (χ2v) is 9.67. The lowest BCUT2D eigenvalue weighted by molar-refractivity contribution is -0.142. The Balaban J connectivity index is 1.60. The maximum absolute atomic E-state index is 13.2. The van der Waals surface area contributed by atoms with Crippen molar-refractivity contribution < 1.29 is 14.3 Å². The van der Waals surface area contributed by atoms with Crippen molar-refractivity contribution in [1.82, 2.24) is 24.9 Å². The fraction of sp³-hybridized carbons (Fsp3) is 0.571. The van der Waals surface area contributed by atoms with E-state index in [1.54, 1.807) is 12.0 Å². The standard InChI is InChI=1S/C28H42N6O3/c1-6-31(7-2)16-17-34(28(36)22(3)4)21-27(35)33-15-9-14-32(18-19-33)26-13-12-25(29-30-26)23-10-8-11-24(20-23)37-5/h8,10-13,20,22H,6-7,9,14-19,21H2,1-5H3. The van der Waals surface area contributed by atoms with Gasteiger partial charge in [-0.25, -0.2) is 0 Å². The van der Waals surface area contributed by atoms with Crippen molar-refractivity contribution in [1.29, 1.82) is 0 Å². The Kier molecular flexibility index (Phi) is 10.7. The van der Waals surface area contributed by atoms with E-state index in [1.165, 1.54) is 0 Å². The van der Waals surface area contributed by atoms with Crippen LogP contribution in [0.4, 0.5) is 5.82 Å². The molecule has 1 aromatic heterocycles. The molecule has 2 amide bonds. The SMILES string of the molecule is CCN(CC)CCN(CC(=O)N1CCCN(c2ccc(-c3cccc(OC)c3)nn2)CC1)C(=O)C(C)C. The minimum absolute atomic E-state index is 0.00912. The molecule has 1 saturated heterocycles. The molecule has 0 N–H and O–H groups in total. The molecule has 1 aliphatic rings. The Bertz CT molecular complexity index is 1010. The third-order valence-electron chi connectivity index (χ3n) is 6.90. The molecule has 0 aliphatic carbocycles. The van der Waals surface area contributed by atoms with Gasteiger partial charge in [0.05, 0.1) is 19.3 Å². The minimum Gasteiger partial charge on any atom is -0.497 e. The molecule has 0 radical (unpaired) electrons. The number of benzene rings is 1. The summed E-state index contributed by atoms with van der Waals surface area (Å²) in [5.74, 6) is 1.49. The zero-order valence-corrected chi connectivity index (χ0v) is 23.0. The molecule has 37 heavy (non-hydrogen) atoms. The summed E-state index contributed by atoms with van der Waals surface area (Å²) in [5, 5.41) is 8.90. The van der Waals surface area contributed by atoms with Gasteiger partial charge in [-0.15, -0.1) is 10.2 Å². The number of nitrogens with zero attached hydrogens (tertiary/aromatic N) is 6. The molecule has 202 valence electrons. The molecule has 1 aliphatic heterocycles. The van der Waals surface area contributed by atoms with Gasteiger partial charge in [-0.1, -0.05) is 39.8 Å². The van der Waals surface area contributed by atoms with Crippen LogP contribution in [0.3, 0.4) is 0 Å². The lowest BCUT2D eigenvalue weighted by Crippen LogP contribution is -2.47. The molecular formula is C28H42N6O3. The first-order chi connectivity index (χ1) is 17.9. The number of carbonyl (C=O) groups is 2. The van der Waals surface area contributed by atoms with Crippen molar-refractivity contribution in [3.63, 3.8) is 0 Å². The number of hydrogen-bond donors (Lipinski definition) is 0. The summed E-state index contributed by atoms with van der Waals surface area (Å²) in [5.41, 5.74) is 1.74. The topological polar surface area (TPSA) is 82.1 Å². The molecule has 9 heteroatoms. The van der Waals surface area contributed by atoms with Crippen LogP contribution in [0.5, 0.6) is 5.75 Å². The molecular weight excluding hydrogens is 468 g/mol. The highest BCUT2D eigenvalue weighted by Gasteiger charge is 2.25. The van der Waals surface area contributed by atoms with E-state index < -0.39 is 0 Å². The van der Waals surface area contributed by atoms with Crippen molar-refractivity contribution in [3.05, 3.63) is 36.4 Å². The smallest absolute Gasteiger partial charge is 0.242 e. The van der Waals surface area contributed by atoms with Gasteiger partial charge in [0.2, 0.25) is 11.8 Å². The van der Waals surface area contributed by atoms with Gasteiger partial charge in [-0.05, 0) is 43.8 Å². The van der Waals surface area contributed by atoms with E-state index in [4.69, 9.17) is 4.74 Å². The highest BCUT2D eigenvalue weighted by molar-refractivity contribution is 5.85. The molecule has 9 nitrogen and oxygen atoms in total. The summed E-state index contributed by atoms with van der Waals surface area (Å²) in [7, 11) is 1.65. The Hall–Kier alpha value is -3.20. The van der Waals surface area contributed by atoms with Crippen LogP contribution in [0, 0.1) is 5.92 Å². The number of rotatable bonds is 11. The van der Waals surface area contributed by atoms with Crippen LogP contribution in [0.25, 0.3) is 11.3 Å². The fourth-order valence-corrected chi connectivity index (χ4v) is 4.52. The Labute approximate surface area is 221 Å². The van der Waals surface area contributed by atoms with Crippen molar-refractivity contribution in [2.75, 3.05) is 70.9 Å². The van der Waals surface area contributed by atoms with E-state index in [0.717, 1.165) is 55.4 Å². The normalized spacial score (nSPS) is 14.1. The molecule has 0 saturated carbocycles. The van der Waals surface area contributed by atoms with Gasteiger partial charge < -0.3 is 24.3 Å². The molecule has 0 atom stereocenters. The summed E-state index contributed by atoms with van der Waals surface area (Å²) >= 11 is 0. The monoisotopic (exact) mass is 510 g/mol. The number of amides is 2. The summed E-state index contributed by atoms with van der Waals surface area (Å²) in [4.78, 5) is 34.1. The van der Waals surface area contributed by atoms with Gasteiger partial charge >= 0.3 is 0 Å². The van der Waals surface area contributed by atoms with Crippen LogP contribution < -0.4 is 9.64 Å². The van der Waals surface area contributed by atoms with Gasteiger partial charge in [0.25, 0.3) is 0 Å². The third-order valence-corrected chi connectivity index (χ3v) is 6.90. The lowest BCUT2D eigenvalue weighted by Gasteiger charge is -2.30. The first kappa shape index (κ1) is 28.4. The molecule has 0 spiro atoms. The Morgan fingerprint density at radius 3 is 2.43 bits per heavy atom. The van der Waals surface area contributed by atoms with Gasteiger partial charge in [0.15, 0.2) is 5.82 Å². The van der Waals surface area contributed by atoms with Crippen LogP contribution in [0.1, 0.15) is 34.1 Å². The van der Waals surface area contributed by atoms with Crippen molar-refractivity contribution in [2.45, 2.75) is 34.1 Å². The van der Waals surface area contributed by atoms with Gasteiger partial charge in [0.1, 0.15) is 5.75 Å². The number of carbonyl (C=O) groups excluding carboxylic acids is 2. The molecule has 0 unspecified atom stereocenters. The van der Waals surface area contributed by atoms with Gasteiger partial charge in [0, 0.05) is 50.7 Å². The summed E-state index contributed by atoms with van der Waals surface area (Å²) < 4.78 is 5.31. The number of hydrogen-bond acceptors (Lipinski definition) is 7. The number of anilines is 1.